The molecule has 2 N–H and O–H groups in total. The van der Waals surface area contributed by atoms with E-state index >= 15 is 0 Å². The van der Waals surface area contributed by atoms with E-state index in [1.807, 2.05) is 6.92 Å². The Balaban J connectivity index is 3.44. The lowest BCUT2D eigenvalue weighted by molar-refractivity contribution is 0.410. The van der Waals surface area contributed by atoms with Gasteiger partial charge in [0.1, 0.15) is 5.84 Å². The molecule has 0 aromatic rings. The summed E-state index contributed by atoms with van der Waals surface area (Å²) in [6.07, 6.45) is 6.82. The molecule has 27 heavy (non-hydrogen) atoms. The Kier molecular flexibility index (Phi) is 8.39. The van der Waals surface area contributed by atoms with Crippen molar-refractivity contribution in [3.05, 3.63) is 35.5 Å². The lowest BCUT2D eigenvalue weighted by Crippen LogP contribution is -2.31. The predicted molar refractivity (Wildman–Crippen MR) is 121 cm³/mol. The summed E-state index contributed by atoms with van der Waals surface area (Å²) < 4.78 is 0. The molecule has 0 saturated heterocycles. The van der Waals surface area contributed by atoms with Crippen LogP contribution in [0.1, 0.15) is 67.7 Å². The van der Waals surface area contributed by atoms with Crippen molar-refractivity contribution in [1.29, 1.82) is 0 Å². The number of allylic oxidation sites excluding steroid dienone is 1. The van der Waals surface area contributed by atoms with Crippen molar-refractivity contribution >= 4 is 18.3 Å². The maximum atomic E-state index is 6.49. The average Bonchev–Trinajstić information content (AvgIpc) is 2.71. The smallest absolute Gasteiger partial charge is 0.172 e. The Morgan fingerprint density at radius 1 is 1.26 bits per heavy atom. The molecule has 0 fully saturated rings. The van der Waals surface area contributed by atoms with E-state index in [1.54, 1.807) is 0 Å². The fraction of sp³-hybridized carbons (Fsp3) is 0.609. The van der Waals surface area contributed by atoms with E-state index in [0.717, 1.165) is 36.1 Å². The third kappa shape index (κ3) is 6.30. The van der Waals surface area contributed by atoms with Crippen molar-refractivity contribution in [3.8, 4) is 0 Å². The largest absolute Gasteiger partial charge is 0.383 e. The molecule has 0 radical (unpaired) electrons. The molecule has 2 unspecified atom stereocenters. The van der Waals surface area contributed by atoms with Gasteiger partial charge in [-0.15, -0.1) is 0 Å². The Morgan fingerprint density at radius 2 is 1.89 bits per heavy atom. The first kappa shape index (κ1) is 23.1. The molecule has 4 nitrogen and oxygen atoms in total. The summed E-state index contributed by atoms with van der Waals surface area (Å²) in [5.74, 6) is 1.39. The van der Waals surface area contributed by atoms with E-state index in [4.69, 9.17) is 15.7 Å². The van der Waals surface area contributed by atoms with Crippen molar-refractivity contribution in [1.82, 2.24) is 0 Å². The molecule has 0 aromatic heterocycles. The third-order valence-electron chi connectivity index (χ3n) is 4.80. The first-order valence-electron chi connectivity index (χ1n) is 10.0. The summed E-state index contributed by atoms with van der Waals surface area (Å²) in [7, 11) is 0. The highest BCUT2D eigenvalue weighted by Gasteiger charge is 2.30. The van der Waals surface area contributed by atoms with Gasteiger partial charge in [0.25, 0.3) is 0 Å². The van der Waals surface area contributed by atoms with Gasteiger partial charge in [-0.05, 0) is 68.9 Å². The number of hydrogen-bond acceptors (Lipinski definition) is 3. The Morgan fingerprint density at radius 3 is 2.33 bits per heavy atom. The van der Waals surface area contributed by atoms with Crippen LogP contribution in [0, 0.1) is 11.8 Å². The van der Waals surface area contributed by atoms with Crippen LogP contribution in [0.4, 0.5) is 0 Å². The molecule has 0 bridgehead atoms. The van der Waals surface area contributed by atoms with Gasteiger partial charge < -0.3 is 5.73 Å². The van der Waals surface area contributed by atoms with Crippen LogP contribution in [0.5, 0.6) is 0 Å². The van der Waals surface area contributed by atoms with E-state index in [2.05, 4.69) is 72.0 Å². The third-order valence-corrected chi connectivity index (χ3v) is 4.80. The van der Waals surface area contributed by atoms with Gasteiger partial charge in [-0.2, -0.15) is 0 Å². The second-order valence-corrected chi connectivity index (χ2v) is 8.48. The van der Waals surface area contributed by atoms with Gasteiger partial charge in [-0.25, -0.2) is 4.99 Å². The minimum atomic E-state index is -0.785. The molecule has 0 aliphatic carbocycles. The number of rotatable bonds is 9. The van der Waals surface area contributed by atoms with Crippen LogP contribution in [0.3, 0.4) is 0 Å². The zero-order valence-electron chi connectivity index (χ0n) is 18.3. The van der Waals surface area contributed by atoms with Crippen molar-refractivity contribution in [2.75, 3.05) is 0 Å². The van der Waals surface area contributed by atoms with Crippen LogP contribution in [0.15, 0.2) is 50.4 Å². The van der Waals surface area contributed by atoms with Gasteiger partial charge in [0.15, 0.2) is 5.66 Å². The fourth-order valence-corrected chi connectivity index (χ4v) is 3.38. The summed E-state index contributed by atoms with van der Waals surface area (Å²) in [4.78, 5) is 14.1. The second-order valence-electron chi connectivity index (χ2n) is 8.48. The van der Waals surface area contributed by atoms with Gasteiger partial charge in [0, 0.05) is 11.3 Å². The van der Waals surface area contributed by atoms with E-state index in [9.17, 15) is 0 Å². The topological polar surface area (TPSA) is 63.1 Å². The minimum absolute atomic E-state index is 0.194. The quantitative estimate of drug-likeness (QED) is 0.324. The molecule has 1 aliphatic rings. The van der Waals surface area contributed by atoms with Crippen LogP contribution in [-0.2, 0) is 0 Å². The SMILES string of the molecule is C=NC(CC(C)C)(N=C(N)C1=CC(CC(C)C)=NC(CC)C(C)=C1)C(=C)C. The molecule has 1 aliphatic heterocycles. The number of amidine groups is 1. The molecule has 2 atom stereocenters. The molecule has 0 aromatic carbocycles. The zero-order chi connectivity index (χ0) is 20.8. The normalized spacial score (nSPS) is 20.6. The minimum Gasteiger partial charge on any atom is -0.383 e. The molecule has 150 valence electrons. The highest BCUT2D eigenvalue weighted by molar-refractivity contribution is 6.08. The van der Waals surface area contributed by atoms with Crippen LogP contribution < -0.4 is 5.73 Å². The summed E-state index contributed by atoms with van der Waals surface area (Å²) in [6, 6.07) is 0.194. The van der Waals surface area contributed by atoms with E-state index in [-0.39, 0.29) is 6.04 Å². The van der Waals surface area contributed by atoms with Crippen LogP contribution in [0.2, 0.25) is 0 Å². The van der Waals surface area contributed by atoms with Gasteiger partial charge in [0.05, 0.1) is 6.04 Å². The zero-order valence-corrected chi connectivity index (χ0v) is 18.3. The van der Waals surface area contributed by atoms with E-state index in [1.165, 1.54) is 5.57 Å². The van der Waals surface area contributed by atoms with Gasteiger partial charge in [0.2, 0.25) is 0 Å². The molecule has 0 saturated carbocycles. The molecule has 1 heterocycles. The maximum Gasteiger partial charge on any atom is 0.172 e. The number of hydrogen-bond donors (Lipinski definition) is 1. The van der Waals surface area contributed by atoms with Crippen molar-refractivity contribution < 1.29 is 0 Å². The first-order chi connectivity index (χ1) is 12.5. The lowest BCUT2D eigenvalue weighted by Gasteiger charge is -2.28. The molecule has 4 heteroatoms. The summed E-state index contributed by atoms with van der Waals surface area (Å²) in [6.45, 7) is 22.8. The molecule has 0 amide bonds. The molecular weight excluding hydrogens is 332 g/mol. The number of nitrogens with zero attached hydrogens (tertiary/aromatic N) is 3. The van der Waals surface area contributed by atoms with E-state index in [0.29, 0.717) is 17.7 Å². The van der Waals surface area contributed by atoms with Crippen molar-refractivity contribution in [2.24, 2.45) is 32.5 Å². The molecular formula is C23H38N4. The monoisotopic (exact) mass is 370 g/mol. The van der Waals surface area contributed by atoms with Crippen LogP contribution >= 0.6 is 0 Å². The number of aliphatic imine (C=N–C) groups is 3. The number of nitrogens with two attached hydrogens (primary N) is 1. The van der Waals surface area contributed by atoms with Gasteiger partial charge in [-0.3, -0.25) is 9.98 Å². The van der Waals surface area contributed by atoms with Crippen LogP contribution in [-0.4, -0.2) is 30.0 Å². The molecule has 1 rings (SSSR count). The first-order valence-corrected chi connectivity index (χ1v) is 10.0. The predicted octanol–water partition coefficient (Wildman–Crippen LogP) is 5.51. The standard InChI is InChI=1S/C23H38N4/c1-10-21-18(8)12-19(13-20(26-21)11-15(2)3)22(24)27-23(25-9,17(6)7)14-16(4)5/h12-13,15-16,21H,6,9-11,14H2,1-5,7-8H3,(H2,24,27). The lowest BCUT2D eigenvalue weighted by atomic mass is 9.92. The molecule has 0 spiro atoms. The Bertz CT molecular complexity index is 676. The summed E-state index contributed by atoms with van der Waals surface area (Å²) >= 11 is 0. The maximum absolute atomic E-state index is 6.49. The Hall–Kier alpha value is -1.97. The van der Waals surface area contributed by atoms with Crippen molar-refractivity contribution in [3.63, 3.8) is 0 Å². The summed E-state index contributed by atoms with van der Waals surface area (Å²) in [5.41, 5.74) is 9.74. The van der Waals surface area contributed by atoms with Crippen molar-refractivity contribution in [2.45, 2.75) is 79.4 Å². The highest BCUT2D eigenvalue weighted by Crippen LogP contribution is 2.31. The second kappa shape index (κ2) is 9.82. The average molecular weight is 371 g/mol. The van der Waals surface area contributed by atoms with Gasteiger partial charge >= 0.3 is 0 Å². The van der Waals surface area contributed by atoms with Crippen LogP contribution in [0.25, 0.3) is 0 Å². The fourth-order valence-electron chi connectivity index (χ4n) is 3.38. The Labute approximate surface area is 166 Å². The van der Waals surface area contributed by atoms with E-state index < -0.39 is 5.66 Å². The highest BCUT2D eigenvalue weighted by atomic mass is 15.1. The summed E-state index contributed by atoms with van der Waals surface area (Å²) in [5, 5.41) is 0. The van der Waals surface area contributed by atoms with Gasteiger partial charge in [-0.1, -0.05) is 47.3 Å².